The molecule has 5 nitrogen and oxygen atoms in total. The van der Waals surface area contributed by atoms with E-state index in [2.05, 4.69) is 9.97 Å². The van der Waals surface area contributed by atoms with E-state index in [1.807, 2.05) is 19.0 Å². The van der Waals surface area contributed by atoms with Crippen LogP contribution in [-0.2, 0) is 0 Å². The highest BCUT2D eigenvalue weighted by atomic mass is 16.5. The van der Waals surface area contributed by atoms with Crippen LogP contribution in [0.25, 0.3) is 0 Å². The molecule has 1 rings (SSSR count). The lowest BCUT2D eigenvalue weighted by molar-refractivity contribution is 0.414. The van der Waals surface area contributed by atoms with Gasteiger partial charge < -0.3 is 15.4 Å². The molecular weight excluding hydrogens is 156 g/mol. The quantitative estimate of drug-likeness (QED) is 0.680. The molecule has 5 heteroatoms. The lowest BCUT2D eigenvalue weighted by Crippen LogP contribution is -2.13. The van der Waals surface area contributed by atoms with Crippen molar-refractivity contribution in [3.63, 3.8) is 0 Å². The van der Waals surface area contributed by atoms with Crippen LogP contribution < -0.4 is 15.4 Å². The molecule has 66 valence electrons. The molecule has 1 aromatic rings. The third kappa shape index (κ3) is 1.39. The minimum absolute atomic E-state index is 0.358. The van der Waals surface area contributed by atoms with E-state index in [0.717, 1.165) is 0 Å². The van der Waals surface area contributed by atoms with Crippen LogP contribution in [0.15, 0.2) is 6.33 Å². The molecular formula is C7H12N4O. The van der Waals surface area contributed by atoms with Gasteiger partial charge in [0, 0.05) is 14.1 Å². The largest absolute Gasteiger partial charge is 0.490 e. The maximum absolute atomic E-state index is 5.57. The number of hydrogen-bond donors (Lipinski definition) is 1. The normalized spacial score (nSPS) is 9.58. The van der Waals surface area contributed by atoms with Gasteiger partial charge in [0.1, 0.15) is 6.33 Å². The maximum atomic E-state index is 5.57. The van der Waals surface area contributed by atoms with Crippen LogP contribution in [0.5, 0.6) is 5.75 Å². The number of nitrogens with two attached hydrogens (primary N) is 1. The van der Waals surface area contributed by atoms with Gasteiger partial charge in [0.25, 0.3) is 0 Å². The van der Waals surface area contributed by atoms with E-state index in [4.69, 9.17) is 10.5 Å². The molecule has 0 radical (unpaired) electrons. The van der Waals surface area contributed by atoms with Crippen LogP contribution >= 0.6 is 0 Å². The summed E-state index contributed by atoms with van der Waals surface area (Å²) < 4.78 is 5.05. The van der Waals surface area contributed by atoms with Gasteiger partial charge in [-0.1, -0.05) is 0 Å². The van der Waals surface area contributed by atoms with Crippen molar-refractivity contribution in [1.29, 1.82) is 0 Å². The summed E-state index contributed by atoms with van der Waals surface area (Å²) >= 11 is 0. The molecule has 1 aromatic heterocycles. The predicted molar refractivity (Wildman–Crippen MR) is 47.3 cm³/mol. The van der Waals surface area contributed by atoms with Gasteiger partial charge in [0.2, 0.25) is 5.75 Å². The summed E-state index contributed by atoms with van der Waals surface area (Å²) in [5.41, 5.74) is 5.57. The van der Waals surface area contributed by atoms with Gasteiger partial charge in [0.05, 0.1) is 7.11 Å². The minimum Gasteiger partial charge on any atom is -0.490 e. The predicted octanol–water partition coefficient (Wildman–Crippen LogP) is 0.133. The van der Waals surface area contributed by atoms with Crippen molar-refractivity contribution in [3.8, 4) is 5.75 Å². The van der Waals surface area contributed by atoms with Gasteiger partial charge in [-0.15, -0.1) is 0 Å². The van der Waals surface area contributed by atoms with Crippen molar-refractivity contribution >= 4 is 11.6 Å². The molecule has 12 heavy (non-hydrogen) atoms. The molecule has 0 aliphatic carbocycles. The molecule has 0 amide bonds. The van der Waals surface area contributed by atoms with Gasteiger partial charge in [-0.05, 0) is 0 Å². The molecule has 0 unspecified atom stereocenters. The Hall–Kier alpha value is -1.52. The molecule has 2 N–H and O–H groups in total. The standard InChI is InChI=1S/C7H12N4O/c1-11(2)7-5(12-3)6(8)9-4-10-7/h4H,1-3H3,(H2,8,9,10). The Balaban J connectivity index is 3.18. The van der Waals surface area contributed by atoms with E-state index >= 15 is 0 Å². The second-order valence-corrected chi connectivity index (χ2v) is 2.51. The number of anilines is 2. The molecule has 0 saturated carbocycles. The van der Waals surface area contributed by atoms with Crippen LogP contribution in [0.2, 0.25) is 0 Å². The lowest BCUT2D eigenvalue weighted by Gasteiger charge is -2.14. The first kappa shape index (κ1) is 8.58. The fraction of sp³-hybridized carbons (Fsp3) is 0.429. The average molecular weight is 168 g/mol. The zero-order chi connectivity index (χ0) is 9.14. The Labute approximate surface area is 71.2 Å². The Bertz CT molecular complexity index is 274. The van der Waals surface area contributed by atoms with Crippen LogP contribution in [0.4, 0.5) is 11.6 Å². The fourth-order valence-corrected chi connectivity index (χ4v) is 0.892. The number of ether oxygens (including phenoxy) is 1. The zero-order valence-electron chi connectivity index (χ0n) is 7.40. The van der Waals surface area contributed by atoms with Crippen molar-refractivity contribution in [1.82, 2.24) is 9.97 Å². The molecule has 0 saturated heterocycles. The Morgan fingerprint density at radius 2 is 2.08 bits per heavy atom. The number of aromatic nitrogens is 2. The van der Waals surface area contributed by atoms with E-state index in [1.165, 1.54) is 6.33 Å². The minimum atomic E-state index is 0.358. The van der Waals surface area contributed by atoms with Crippen LogP contribution in [0, 0.1) is 0 Å². The molecule has 0 aliphatic heterocycles. The van der Waals surface area contributed by atoms with E-state index in [0.29, 0.717) is 17.4 Å². The van der Waals surface area contributed by atoms with Crippen molar-refractivity contribution in [3.05, 3.63) is 6.33 Å². The molecule has 0 atom stereocenters. The summed E-state index contributed by atoms with van der Waals surface area (Å²) in [5, 5.41) is 0. The van der Waals surface area contributed by atoms with Crippen LogP contribution in [0.1, 0.15) is 0 Å². The first-order valence-corrected chi connectivity index (χ1v) is 3.48. The monoisotopic (exact) mass is 168 g/mol. The van der Waals surface area contributed by atoms with Crippen molar-refractivity contribution < 1.29 is 4.74 Å². The molecule has 0 fully saturated rings. The van der Waals surface area contributed by atoms with Gasteiger partial charge in [-0.3, -0.25) is 0 Å². The van der Waals surface area contributed by atoms with E-state index in [9.17, 15) is 0 Å². The van der Waals surface area contributed by atoms with Crippen LogP contribution in [0.3, 0.4) is 0 Å². The third-order valence-electron chi connectivity index (χ3n) is 1.44. The lowest BCUT2D eigenvalue weighted by atomic mass is 10.4. The SMILES string of the molecule is COc1c(N)ncnc1N(C)C. The van der Waals surface area contributed by atoms with Crippen molar-refractivity contribution in [2.45, 2.75) is 0 Å². The Morgan fingerprint density at radius 3 is 2.50 bits per heavy atom. The summed E-state index contributed by atoms with van der Waals surface area (Å²) in [4.78, 5) is 9.64. The molecule has 0 bridgehead atoms. The van der Waals surface area contributed by atoms with Gasteiger partial charge in [0.15, 0.2) is 11.6 Å². The smallest absolute Gasteiger partial charge is 0.204 e. The average Bonchev–Trinajstić information content (AvgIpc) is 2.03. The zero-order valence-corrected chi connectivity index (χ0v) is 7.40. The highest BCUT2D eigenvalue weighted by Crippen LogP contribution is 2.27. The first-order chi connectivity index (χ1) is 5.66. The Kier molecular flexibility index (Phi) is 2.32. The number of nitrogen functional groups attached to an aromatic ring is 1. The summed E-state index contributed by atoms with van der Waals surface area (Å²) in [6.45, 7) is 0. The van der Waals surface area contributed by atoms with E-state index in [1.54, 1.807) is 7.11 Å². The van der Waals surface area contributed by atoms with Gasteiger partial charge >= 0.3 is 0 Å². The van der Waals surface area contributed by atoms with Crippen molar-refractivity contribution in [2.24, 2.45) is 0 Å². The van der Waals surface area contributed by atoms with E-state index in [-0.39, 0.29) is 0 Å². The molecule has 1 heterocycles. The molecule has 0 spiro atoms. The van der Waals surface area contributed by atoms with Gasteiger partial charge in [-0.25, -0.2) is 9.97 Å². The number of methoxy groups -OCH3 is 1. The van der Waals surface area contributed by atoms with E-state index < -0.39 is 0 Å². The second-order valence-electron chi connectivity index (χ2n) is 2.51. The third-order valence-corrected chi connectivity index (χ3v) is 1.44. The number of hydrogen-bond acceptors (Lipinski definition) is 5. The second kappa shape index (κ2) is 3.25. The summed E-state index contributed by atoms with van der Waals surface area (Å²) in [7, 11) is 5.27. The summed E-state index contributed by atoms with van der Waals surface area (Å²) in [6, 6.07) is 0. The topological polar surface area (TPSA) is 64.3 Å². The summed E-state index contributed by atoms with van der Waals surface area (Å²) in [6.07, 6.45) is 1.41. The van der Waals surface area contributed by atoms with Crippen LogP contribution in [-0.4, -0.2) is 31.2 Å². The highest BCUT2D eigenvalue weighted by molar-refractivity contribution is 5.61. The fourth-order valence-electron chi connectivity index (χ4n) is 0.892. The molecule has 0 aliphatic rings. The highest BCUT2D eigenvalue weighted by Gasteiger charge is 2.09. The van der Waals surface area contributed by atoms with Gasteiger partial charge in [-0.2, -0.15) is 0 Å². The first-order valence-electron chi connectivity index (χ1n) is 3.48. The number of rotatable bonds is 2. The number of nitrogens with zero attached hydrogens (tertiary/aromatic N) is 3. The van der Waals surface area contributed by atoms with Crippen molar-refractivity contribution in [2.75, 3.05) is 31.8 Å². The summed E-state index contributed by atoms with van der Waals surface area (Å²) in [5.74, 6) is 1.56. The Morgan fingerprint density at radius 1 is 1.42 bits per heavy atom. The molecule has 0 aromatic carbocycles. The maximum Gasteiger partial charge on any atom is 0.204 e.